The van der Waals surface area contributed by atoms with Crippen molar-refractivity contribution in [3.63, 3.8) is 0 Å². The molecule has 0 radical (unpaired) electrons. The maximum Gasteiger partial charge on any atom is 0.138 e. The summed E-state index contributed by atoms with van der Waals surface area (Å²) in [6, 6.07) is 0.412. The van der Waals surface area contributed by atoms with Crippen LogP contribution in [-0.4, -0.2) is 41.1 Å². The van der Waals surface area contributed by atoms with Gasteiger partial charge < -0.3 is 10.1 Å². The molecule has 0 saturated heterocycles. The lowest BCUT2D eigenvalue weighted by Crippen LogP contribution is -2.34. The molecule has 0 aromatic carbocycles. The van der Waals surface area contributed by atoms with Gasteiger partial charge in [0.15, 0.2) is 0 Å². The SMILES string of the molecule is CCCNC(CCOC)Cc1ncnn1CC(C)C. The van der Waals surface area contributed by atoms with Gasteiger partial charge in [-0.1, -0.05) is 20.8 Å². The average Bonchev–Trinajstić information content (AvgIpc) is 2.79. The van der Waals surface area contributed by atoms with Crippen LogP contribution in [0.4, 0.5) is 0 Å². The van der Waals surface area contributed by atoms with Gasteiger partial charge in [-0.2, -0.15) is 5.10 Å². The Labute approximate surface area is 116 Å². The van der Waals surface area contributed by atoms with Gasteiger partial charge in [0.1, 0.15) is 12.2 Å². The zero-order valence-electron chi connectivity index (χ0n) is 12.7. The highest BCUT2D eigenvalue weighted by molar-refractivity contribution is 4.90. The zero-order chi connectivity index (χ0) is 14.1. The van der Waals surface area contributed by atoms with Gasteiger partial charge in [-0.15, -0.1) is 0 Å². The predicted molar refractivity (Wildman–Crippen MR) is 77.1 cm³/mol. The molecule has 0 aliphatic heterocycles. The molecule has 0 aliphatic rings. The van der Waals surface area contributed by atoms with Crippen molar-refractivity contribution >= 4 is 0 Å². The second kappa shape index (κ2) is 9.04. The van der Waals surface area contributed by atoms with Gasteiger partial charge in [0.25, 0.3) is 0 Å². The first kappa shape index (κ1) is 16.1. The van der Waals surface area contributed by atoms with Crippen molar-refractivity contribution in [3.05, 3.63) is 12.2 Å². The molecule has 19 heavy (non-hydrogen) atoms. The molecular weight excluding hydrogens is 240 g/mol. The van der Waals surface area contributed by atoms with Crippen molar-refractivity contribution < 1.29 is 4.74 Å². The van der Waals surface area contributed by atoms with Crippen molar-refractivity contribution in [2.45, 2.75) is 52.6 Å². The lowest BCUT2D eigenvalue weighted by atomic mass is 10.1. The second-order valence-corrected chi connectivity index (χ2v) is 5.39. The number of ether oxygens (including phenoxy) is 1. The van der Waals surface area contributed by atoms with E-state index in [0.717, 1.165) is 44.8 Å². The molecule has 0 aliphatic carbocycles. The Hall–Kier alpha value is -0.940. The Morgan fingerprint density at radius 2 is 2.21 bits per heavy atom. The Morgan fingerprint density at radius 3 is 2.84 bits per heavy atom. The van der Waals surface area contributed by atoms with Crippen LogP contribution >= 0.6 is 0 Å². The quantitative estimate of drug-likeness (QED) is 0.704. The van der Waals surface area contributed by atoms with E-state index >= 15 is 0 Å². The van der Waals surface area contributed by atoms with Crippen LogP contribution < -0.4 is 5.32 Å². The molecule has 110 valence electrons. The number of nitrogens with one attached hydrogen (secondary N) is 1. The summed E-state index contributed by atoms with van der Waals surface area (Å²) in [5.74, 6) is 1.65. The lowest BCUT2D eigenvalue weighted by molar-refractivity contribution is 0.182. The van der Waals surface area contributed by atoms with Gasteiger partial charge in [-0.25, -0.2) is 9.67 Å². The van der Waals surface area contributed by atoms with Crippen molar-refractivity contribution in [1.82, 2.24) is 20.1 Å². The van der Waals surface area contributed by atoms with E-state index in [1.807, 2.05) is 4.68 Å². The molecule has 0 bridgehead atoms. The molecule has 1 N–H and O–H groups in total. The summed E-state index contributed by atoms with van der Waals surface area (Å²) in [4.78, 5) is 4.40. The van der Waals surface area contributed by atoms with Crippen LogP contribution in [0.3, 0.4) is 0 Å². The van der Waals surface area contributed by atoms with Gasteiger partial charge in [0.05, 0.1) is 0 Å². The van der Waals surface area contributed by atoms with Crippen LogP contribution in [0.2, 0.25) is 0 Å². The van der Waals surface area contributed by atoms with Gasteiger partial charge in [0.2, 0.25) is 0 Å². The summed E-state index contributed by atoms with van der Waals surface area (Å²) < 4.78 is 7.21. The molecule has 1 atom stereocenters. The van der Waals surface area contributed by atoms with Crippen LogP contribution in [0, 0.1) is 5.92 Å². The molecule has 5 heteroatoms. The summed E-state index contributed by atoms with van der Waals surface area (Å²) in [7, 11) is 1.75. The van der Waals surface area contributed by atoms with Crippen LogP contribution in [0.25, 0.3) is 0 Å². The van der Waals surface area contributed by atoms with Crippen LogP contribution in [0.15, 0.2) is 6.33 Å². The molecule has 1 unspecified atom stereocenters. The molecule has 5 nitrogen and oxygen atoms in total. The fourth-order valence-corrected chi connectivity index (χ4v) is 2.05. The van der Waals surface area contributed by atoms with Crippen molar-refractivity contribution in [2.24, 2.45) is 5.92 Å². The molecule has 1 rings (SSSR count). The monoisotopic (exact) mass is 268 g/mol. The van der Waals surface area contributed by atoms with Gasteiger partial charge in [0, 0.05) is 32.7 Å². The fraction of sp³-hybridized carbons (Fsp3) is 0.857. The van der Waals surface area contributed by atoms with Crippen molar-refractivity contribution in [1.29, 1.82) is 0 Å². The van der Waals surface area contributed by atoms with E-state index in [-0.39, 0.29) is 0 Å². The standard InChI is InChI=1S/C14H28N4O/c1-5-7-15-13(6-8-19-4)9-14-16-11-17-18(14)10-12(2)3/h11-13,15H,5-10H2,1-4H3. The minimum absolute atomic E-state index is 0.412. The molecule has 0 fully saturated rings. The molecule has 0 saturated carbocycles. The zero-order valence-corrected chi connectivity index (χ0v) is 12.7. The highest BCUT2D eigenvalue weighted by Crippen LogP contribution is 2.06. The largest absolute Gasteiger partial charge is 0.385 e. The predicted octanol–water partition coefficient (Wildman–Crippen LogP) is 1.88. The molecule has 1 aromatic rings. The average molecular weight is 268 g/mol. The van der Waals surface area contributed by atoms with E-state index in [2.05, 4.69) is 36.2 Å². The third-order valence-electron chi connectivity index (χ3n) is 3.02. The minimum Gasteiger partial charge on any atom is -0.385 e. The molecule has 1 aromatic heterocycles. The highest BCUT2D eigenvalue weighted by Gasteiger charge is 2.13. The number of nitrogens with zero attached hydrogens (tertiary/aromatic N) is 3. The number of hydrogen-bond acceptors (Lipinski definition) is 4. The number of hydrogen-bond donors (Lipinski definition) is 1. The van der Waals surface area contributed by atoms with E-state index in [0.29, 0.717) is 12.0 Å². The molecule has 0 amide bonds. The van der Waals surface area contributed by atoms with Crippen molar-refractivity contribution in [3.8, 4) is 0 Å². The Kier molecular flexibility index (Phi) is 7.67. The first-order valence-corrected chi connectivity index (χ1v) is 7.26. The Balaban J connectivity index is 2.58. The summed E-state index contributed by atoms with van der Waals surface area (Å²) >= 11 is 0. The van der Waals surface area contributed by atoms with Crippen molar-refractivity contribution in [2.75, 3.05) is 20.3 Å². The summed E-state index contributed by atoms with van der Waals surface area (Å²) in [6.45, 7) is 9.32. The summed E-state index contributed by atoms with van der Waals surface area (Å²) in [5, 5.41) is 7.88. The third kappa shape index (κ3) is 6.16. The highest BCUT2D eigenvalue weighted by atomic mass is 16.5. The maximum absolute atomic E-state index is 5.18. The smallest absolute Gasteiger partial charge is 0.138 e. The van der Waals surface area contributed by atoms with Gasteiger partial charge >= 0.3 is 0 Å². The van der Waals surface area contributed by atoms with Gasteiger partial charge in [-0.05, 0) is 25.3 Å². The third-order valence-corrected chi connectivity index (χ3v) is 3.02. The summed E-state index contributed by atoms with van der Waals surface area (Å²) in [6.07, 6.45) is 4.72. The number of methoxy groups -OCH3 is 1. The van der Waals surface area contributed by atoms with Crippen LogP contribution in [0.1, 0.15) is 39.4 Å². The number of aromatic nitrogens is 3. The first-order valence-electron chi connectivity index (χ1n) is 7.26. The van der Waals surface area contributed by atoms with Crippen LogP contribution in [0.5, 0.6) is 0 Å². The molecule has 0 spiro atoms. The second-order valence-electron chi connectivity index (χ2n) is 5.39. The fourth-order valence-electron chi connectivity index (χ4n) is 2.05. The van der Waals surface area contributed by atoms with E-state index in [1.54, 1.807) is 13.4 Å². The van der Waals surface area contributed by atoms with Crippen LogP contribution in [-0.2, 0) is 17.7 Å². The van der Waals surface area contributed by atoms with E-state index in [9.17, 15) is 0 Å². The Bertz CT molecular complexity index is 330. The topological polar surface area (TPSA) is 52.0 Å². The molecular formula is C14H28N4O. The maximum atomic E-state index is 5.18. The van der Waals surface area contributed by atoms with Gasteiger partial charge in [-0.3, -0.25) is 0 Å². The molecule has 1 heterocycles. The lowest BCUT2D eigenvalue weighted by Gasteiger charge is -2.18. The van der Waals surface area contributed by atoms with E-state index < -0.39 is 0 Å². The van der Waals surface area contributed by atoms with E-state index in [4.69, 9.17) is 4.74 Å². The summed E-state index contributed by atoms with van der Waals surface area (Å²) in [5.41, 5.74) is 0. The first-order chi connectivity index (χ1) is 9.17. The number of rotatable bonds is 10. The normalized spacial score (nSPS) is 13.1. The minimum atomic E-state index is 0.412. The van der Waals surface area contributed by atoms with E-state index in [1.165, 1.54) is 0 Å². The Morgan fingerprint density at radius 1 is 1.42 bits per heavy atom.